The number of rotatable bonds is 2. The van der Waals surface area contributed by atoms with Crippen LogP contribution in [0, 0.1) is 6.92 Å². The van der Waals surface area contributed by atoms with Crippen molar-refractivity contribution < 1.29 is 4.79 Å². The van der Waals surface area contributed by atoms with Crippen molar-refractivity contribution >= 4 is 6.03 Å². The van der Waals surface area contributed by atoms with Crippen molar-refractivity contribution in [2.45, 2.75) is 13.5 Å². The second kappa shape index (κ2) is 5.68. The van der Waals surface area contributed by atoms with Gasteiger partial charge >= 0.3 is 6.03 Å². The summed E-state index contributed by atoms with van der Waals surface area (Å²) in [5.41, 5.74) is 2.39. The maximum Gasteiger partial charge on any atom is 0.317 e. The number of carbonyl (C=O) groups excluding carboxylic acids is 1. The lowest BCUT2D eigenvalue weighted by Crippen LogP contribution is -2.50. The summed E-state index contributed by atoms with van der Waals surface area (Å²) in [6.07, 6.45) is 0. The first-order valence-corrected chi connectivity index (χ1v) is 6.05. The number of piperazine rings is 1. The third-order valence-electron chi connectivity index (χ3n) is 3.10. The number of hydrogen-bond acceptors (Lipinski definition) is 2. The molecule has 1 aromatic carbocycles. The van der Waals surface area contributed by atoms with Crippen LogP contribution < -0.4 is 10.6 Å². The predicted molar refractivity (Wildman–Crippen MR) is 67.9 cm³/mol. The summed E-state index contributed by atoms with van der Waals surface area (Å²) in [5, 5.41) is 6.20. The van der Waals surface area contributed by atoms with Crippen molar-refractivity contribution in [1.29, 1.82) is 0 Å². The zero-order valence-corrected chi connectivity index (χ0v) is 10.2. The Hall–Kier alpha value is -1.55. The second-order valence-corrected chi connectivity index (χ2v) is 4.32. The van der Waals surface area contributed by atoms with Crippen LogP contribution in [-0.4, -0.2) is 37.1 Å². The first kappa shape index (κ1) is 11.9. The predicted octanol–water partition coefficient (Wildman–Crippen LogP) is 1.11. The van der Waals surface area contributed by atoms with Crippen molar-refractivity contribution in [1.82, 2.24) is 15.5 Å². The van der Waals surface area contributed by atoms with E-state index < -0.39 is 0 Å². The molecule has 17 heavy (non-hydrogen) atoms. The van der Waals surface area contributed by atoms with Gasteiger partial charge in [-0.05, 0) is 18.1 Å². The molecule has 2 rings (SSSR count). The highest BCUT2D eigenvalue weighted by atomic mass is 16.2. The Morgan fingerprint density at radius 1 is 1.35 bits per heavy atom. The molecule has 0 aliphatic carbocycles. The van der Waals surface area contributed by atoms with Crippen LogP contribution in [0.3, 0.4) is 0 Å². The summed E-state index contributed by atoms with van der Waals surface area (Å²) in [5.74, 6) is 0. The molecule has 0 radical (unpaired) electrons. The van der Waals surface area contributed by atoms with E-state index in [0.29, 0.717) is 6.54 Å². The van der Waals surface area contributed by atoms with Crippen LogP contribution in [0.2, 0.25) is 0 Å². The molecule has 92 valence electrons. The summed E-state index contributed by atoms with van der Waals surface area (Å²) < 4.78 is 0. The average molecular weight is 233 g/mol. The summed E-state index contributed by atoms with van der Waals surface area (Å²) in [4.78, 5) is 13.7. The van der Waals surface area contributed by atoms with E-state index in [1.165, 1.54) is 11.1 Å². The first-order chi connectivity index (χ1) is 8.27. The standard InChI is InChI=1S/C13H19N3O/c1-11-4-2-3-5-12(11)10-15-13(17)16-8-6-14-7-9-16/h2-5,14H,6-10H2,1H3,(H,15,17). The Morgan fingerprint density at radius 2 is 2.06 bits per heavy atom. The topological polar surface area (TPSA) is 44.4 Å². The molecule has 0 spiro atoms. The molecule has 0 saturated carbocycles. The number of aryl methyl sites for hydroxylation is 1. The van der Waals surface area contributed by atoms with Gasteiger partial charge in [-0.2, -0.15) is 0 Å². The average Bonchev–Trinajstić information content (AvgIpc) is 2.38. The summed E-state index contributed by atoms with van der Waals surface area (Å²) >= 11 is 0. The maximum absolute atomic E-state index is 11.9. The molecule has 1 heterocycles. The van der Waals surface area contributed by atoms with Gasteiger partial charge in [0.05, 0.1) is 0 Å². The number of nitrogens with one attached hydrogen (secondary N) is 2. The fourth-order valence-electron chi connectivity index (χ4n) is 1.96. The van der Waals surface area contributed by atoms with Crippen molar-refractivity contribution in [3.8, 4) is 0 Å². The number of benzene rings is 1. The largest absolute Gasteiger partial charge is 0.334 e. The lowest BCUT2D eigenvalue weighted by Gasteiger charge is -2.27. The summed E-state index contributed by atoms with van der Waals surface area (Å²) in [6, 6.07) is 8.16. The number of amides is 2. The van der Waals surface area contributed by atoms with E-state index in [0.717, 1.165) is 26.2 Å². The van der Waals surface area contributed by atoms with Crippen molar-refractivity contribution in [3.63, 3.8) is 0 Å². The van der Waals surface area contributed by atoms with Gasteiger partial charge in [0.2, 0.25) is 0 Å². The fourth-order valence-corrected chi connectivity index (χ4v) is 1.96. The number of carbonyl (C=O) groups is 1. The van der Waals surface area contributed by atoms with Gasteiger partial charge in [-0.25, -0.2) is 4.79 Å². The van der Waals surface area contributed by atoms with Crippen molar-refractivity contribution in [2.24, 2.45) is 0 Å². The number of nitrogens with zero attached hydrogens (tertiary/aromatic N) is 1. The van der Waals surface area contributed by atoms with E-state index in [4.69, 9.17) is 0 Å². The molecule has 1 aliphatic heterocycles. The van der Waals surface area contributed by atoms with Gasteiger partial charge in [-0.1, -0.05) is 24.3 Å². The zero-order valence-electron chi connectivity index (χ0n) is 10.2. The van der Waals surface area contributed by atoms with Crippen molar-refractivity contribution in [3.05, 3.63) is 35.4 Å². The minimum Gasteiger partial charge on any atom is -0.334 e. The molecular formula is C13H19N3O. The maximum atomic E-state index is 11.9. The lowest BCUT2D eigenvalue weighted by molar-refractivity contribution is 0.189. The van der Waals surface area contributed by atoms with Crippen LogP contribution in [0.25, 0.3) is 0 Å². The third kappa shape index (κ3) is 3.20. The fraction of sp³-hybridized carbons (Fsp3) is 0.462. The number of hydrogen-bond donors (Lipinski definition) is 2. The van der Waals surface area contributed by atoms with E-state index in [9.17, 15) is 4.79 Å². The van der Waals surface area contributed by atoms with E-state index in [2.05, 4.69) is 23.6 Å². The van der Waals surface area contributed by atoms with Gasteiger partial charge < -0.3 is 15.5 Å². The smallest absolute Gasteiger partial charge is 0.317 e. The van der Waals surface area contributed by atoms with E-state index in [1.54, 1.807) is 0 Å². The minimum atomic E-state index is 0.0368. The van der Waals surface area contributed by atoms with E-state index >= 15 is 0 Å². The van der Waals surface area contributed by atoms with Crippen LogP contribution in [0.1, 0.15) is 11.1 Å². The van der Waals surface area contributed by atoms with E-state index in [1.807, 2.05) is 23.1 Å². The molecule has 4 nitrogen and oxygen atoms in total. The highest BCUT2D eigenvalue weighted by Crippen LogP contribution is 2.06. The monoisotopic (exact) mass is 233 g/mol. The Kier molecular flexibility index (Phi) is 3.98. The highest BCUT2D eigenvalue weighted by molar-refractivity contribution is 5.74. The van der Waals surface area contributed by atoms with Gasteiger partial charge in [0.1, 0.15) is 0 Å². The highest BCUT2D eigenvalue weighted by Gasteiger charge is 2.15. The van der Waals surface area contributed by atoms with Crippen LogP contribution >= 0.6 is 0 Å². The van der Waals surface area contributed by atoms with Gasteiger partial charge in [-0.15, -0.1) is 0 Å². The SMILES string of the molecule is Cc1ccccc1CNC(=O)N1CCNCC1. The molecule has 1 fully saturated rings. The molecule has 1 aliphatic rings. The molecule has 0 atom stereocenters. The Morgan fingerprint density at radius 3 is 2.76 bits per heavy atom. The number of urea groups is 1. The minimum absolute atomic E-state index is 0.0368. The first-order valence-electron chi connectivity index (χ1n) is 6.05. The molecule has 2 amide bonds. The van der Waals surface area contributed by atoms with Gasteiger partial charge in [-0.3, -0.25) is 0 Å². The summed E-state index contributed by atoms with van der Waals surface area (Å²) in [6.45, 7) is 6.02. The normalized spacial score (nSPS) is 15.7. The molecule has 1 saturated heterocycles. The molecule has 0 aromatic heterocycles. The van der Waals surface area contributed by atoms with Gasteiger partial charge in [0.15, 0.2) is 0 Å². The van der Waals surface area contributed by atoms with Crippen LogP contribution in [0.5, 0.6) is 0 Å². The quantitative estimate of drug-likeness (QED) is 0.803. The van der Waals surface area contributed by atoms with Crippen LogP contribution in [-0.2, 0) is 6.54 Å². The molecule has 0 unspecified atom stereocenters. The third-order valence-corrected chi connectivity index (χ3v) is 3.10. The Bertz CT molecular complexity index is 386. The molecular weight excluding hydrogens is 214 g/mol. The molecule has 1 aromatic rings. The van der Waals surface area contributed by atoms with Crippen LogP contribution in [0.15, 0.2) is 24.3 Å². The van der Waals surface area contributed by atoms with Gasteiger partial charge in [0.25, 0.3) is 0 Å². The van der Waals surface area contributed by atoms with E-state index in [-0.39, 0.29) is 6.03 Å². The molecule has 2 N–H and O–H groups in total. The lowest BCUT2D eigenvalue weighted by atomic mass is 10.1. The zero-order chi connectivity index (χ0) is 12.1. The van der Waals surface area contributed by atoms with Gasteiger partial charge in [0, 0.05) is 32.7 Å². The molecule has 4 heteroatoms. The Labute approximate surface area is 102 Å². The van der Waals surface area contributed by atoms with Crippen molar-refractivity contribution in [2.75, 3.05) is 26.2 Å². The second-order valence-electron chi connectivity index (χ2n) is 4.32. The summed E-state index contributed by atoms with van der Waals surface area (Å²) in [7, 11) is 0. The van der Waals surface area contributed by atoms with Crippen LogP contribution in [0.4, 0.5) is 4.79 Å². The Balaban J connectivity index is 1.85. The molecule has 0 bridgehead atoms.